The second-order valence-electron chi connectivity index (χ2n) is 4.97. The molecule has 0 amide bonds. The monoisotopic (exact) mass is 316 g/mol. The van der Waals surface area contributed by atoms with Gasteiger partial charge in [-0.1, -0.05) is 44.0 Å². The number of ketones is 1. The van der Waals surface area contributed by atoms with Crippen LogP contribution in [0.15, 0.2) is 18.2 Å². The van der Waals surface area contributed by atoms with E-state index in [1.165, 1.54) is 13.2 Å². The van der Waals surface area contributed by atoms with Crippen molar-refractivity contribution in [1.29, 1.82) is 0 Å². The number of carbonyl (C=O) groups excluding carboxylic acids is 2. The fraction of sp³-hybridized carbons (Fsp3) is 0.467. The van der Waals surface area contributed by atoms with Crippen molar-refractivity contribution < 1.29 is 14.3 Å². The van der Waals surface area contributed by atoms with Crippen LogP contribution in [0.1, 0.15) is 37.6 Å². The van der Waals surface area contributed by atoms with Gasteiger partial charge in [0.1, 0.15) is 0 Å². The minimum absolute atomic E-state index is 0.142. The highest BCUT2D eigenvalue weighted by atomic mass is 35.5. The van der Waals surface area contributed by atoms with Crippen LogP contribution in [0.2, 0.25) is 10.0 Å². The van der Waals surface area contributed by atoms with E-state index in [2.05, 4.69) is 0 Å². The summed E-state index contributed by atoms with van der Waals surface area (Å²) in [5, 5.41) is 0.712. The van der Waals surface area contributed by atoms with Crippen LogP contribution in [0.5, 0.6) is 0 Å². The summed E-state index contributed by atoms with van der Waals surface area (Å²) in [6.45, 7) is 5.33. The van der Waals surface area contributed by atoms with E-state index in [0.717, 1.165) is 0 Å². The molecule has 0 aromatic heterocycles. The predicted octanol–water partition coefficient (Wildman–Crippen LogP) is 4.40. The van der Waals surface area contributed by atoms with Gasteiger partial charge >= 0.3 is 5.97 Å². The molecule has 3 nitrogen and oxygen atoms in total. The standard InChI is InChI=1S/C15H18Cl2O3/c1-5-15(3,9(2)14(19)20-4)13(18)10-6-7-11(16)12(17)8-10/h6-9H,5H2,1-4H3. The number of methoxy groups -OCH3 is 1. The molecule has 0 aliphatic rings. The number of halogens is 2. The number of esters is 1. The summed E-state index contributed by atoms with van der Waals surface area (Å²) in [7, 11) is 1.32. The molecule has 5 heteroatoms. The number of hydrogen-bond donors (Lipinski definition) is 0. The van der Waals surface area contributed by atoms with Crippen molar-refractivity contribution in [2.24, 2.45) is 11.3 Å². The average molecular weight is 317 g/mol. The van der Waals surface area contributed by atoms with Crippen molar-refractivity contribution in [2.45, 2.75) is 27.2 Å². The third kappa shape index (κ3) is 3.15. The fourth-order valence-corrected chi connectivity index (χ4v) is 2.37. The maximum absolute atomic E-state index is 12.7. The number of rotatable bonds is 5. The summed E-state index contributed by atoms with van der Waals surface area (Å²) < 4.78 is 4.75. The smallest absolute Gasteiger partial charge is 0.309 e. The van der Waals surface area contributed by atoms with Crippen LogP contribution in [0.4, 0.5) is 0 Å². The summed E-state index contributed by atoms with van der Waals surface area (Å²) in [4.78, 5) is 24.5. The van der Waals surface area contributed by atoms with Gasteiger partial charge in [0.15, 0.2) is 5.78 Å². The van der Waals surface area contributed by atoms with Gasteiger partial charge in [0.05, 0.1) is 23.1 Å². The molecule has 0 spiro atoms. The summed E-state index contributed by atoms with van der Waals surface area (Å²) in [5.41, 5.74) is -0.399. The first-order valence-corrected chi connectivity index (χ1v) is 7.11. The molecule has 0 aliphatic carbocycles. The van der Waals surface area contributed by atoms with Crippen molar-refractivity contribution in [3.05, 3.63) is 33.8 Å². The molecule has 2 unspecified atom stereocenters. The van der Waals surface area contributed by atoms with Gasteiger partial charge in [-0.15, -0.1) is 0 Å². The Morgan fingerprint density at radius 2 is 1.90 bits per heavy atom. The van der Waals surface area contributed by atoms with Crippen molar-refractivity contribution >= 4 is 35.0 Å². The Kier molecular flexibility index (Phi) is 5.60. The molecule has 20 heavy (non-hydrogen) atoms. The van der Waals surface area contributed by atoms with E-state index in [4.69, 9.17) is 27.9 Å². The molecular weight excluding hydrogens is 299 g/mol. The van der Waals surface area contributed by atoms with Crippen LogP contribution >= 0.6 is 23.2 Å². The van der Waals surface area contributed by atoms with E-state index < -0.39 is 17.3 Å². The topological polar surface area (TPSA) is 43.4 Å². The summed E-state index contributed by atoms with van der Waals surface area (Å²) >= 11 is 11.8. The predicted molar refractivity (Wildman–Crippen MR) is 80.4 cm³/mol. The number of ether oxygens (including phenoxy) is 1. The highest BCUT2D eigenvalue weighted by molar-refractivity contribution is 6.42. The molecule has 0 saturated carbocycles. The Morgan fingerprint density at radius 1 is 1.30 bits per heavy atom. The van der Waals surface area contributed by atoms with Crippen LogP contribution in [0, 0.1) is 11.3 Å². The SMILES string of the molecule is CCC(C)(C(=O)c1ccc(Cl)c(Cl)c1)C(C)C(=O)OC. The summed E-state index contributed by atoms with van der Waals surface area (Å²) in [5.74, 6) is -1.08. The van der Waals surface area contributed by atoms with Crippen LogP contribution in [-0.4, -0.2) is 18.9 Å². The van der Waals surface area contributed by atoms with Crippen LogP contribution in [0.25, 0.3) is 0 Å². The minimum atomic E-state index is -0.843. The largest absolute Gasteiger partial charge is 0.469 e. The molecule has 0 fully saturated rings. The molecule has 2 atom stereocenters. The van der Waals surface area contributed by atoms with E-state index in [1.54, 1.807) is 26.0 Å². The van der Waals surface area contributed by atoms with E-state index >= 15 is 0 Å². The lowest BCUT2D eigenvalue weighted by molar-refractivity contribution is -0.148. The van der Waals surface area contributed by atoms with Crippen LogP contribution in [0.3, 0.4) is 0 Å². The Hall–Kier alpha value is -1.06. The first-order chi connectivity index (χ1) is 9.27. The number of Topliss-reactive ketones (excluding diaryl/α,β-unsaturated/α-hetero) is 1. The highest BCUT2D eigenvalue weighted by Gasteiger charge is 2.42. The van der Waals surface area contributed by atoms with Crippen molar-refractivity contribution in [3.63, 3.8) is 0 Å². The molecule has 1 aromatic rings. The van der Waals surface area contributed by atoms with Crippen molar-refractivity contribution in [1.82, 2.24) is 0 Å². The lowest BCUT2D eigenvalue weighted by atomic mass is 9.70. The normalized spacial score (nSPS) is 15.3. The quantitative estimate of drug-likeness (QED) is 0.597. The zero-order valence-electron chi connectivity index (χ0n) is 12.0. The Balaban J connectivity index is 3.19. The van der Waals surface area contributed by atoms with Gasteiger partial charge in [-0.3, -0.25) is 9.59 Å². The van der Waals surface area contributed by atoms with Gasteiger partial charge in [-0.05, 0) is 24.6 Å². The van der Waals surface area contributed by atoms with Crippen molar-refractivity contribution in [2.75, 3.05) is 7.11 Å². The van der Waals surface area contributed by atoms with E-state index in [-0.39, 0.29) is 5.78 Å². The van der Waals surface area contributed by atoms with E-state index in [9.17, 15) is 9.59 Å². The minimum Gasteiger partial charge on any atom is -0.469 e. The highest BCUT2D eigenvalue weighted by Crippen LogP contribution is 2.36. The van der Waals surface area contributed by atoms with E-state index in [1.807, 2.05) is 6.92 Å². The molecule has 0 heterocycles. The first kappa shape index (κ1) is 17.0. The zero-order valence-corrected chi connectivity index (χ0v) is 13.5. The van der Waals surface area contributed by atoms with Gasteiger partial charge in [0.25, 0.3) is 0 Å². The third-order valence-corrected chi connectivity index (χ3v) is 4.68. The van der Waals surface area contributed by atoms with Crippen LogP contribution in [-0.2, 0) is 9.53 Å². The molecule has 1 aromatic carbocycles. The third-order valence-electron chi connectivity index (χ3n) is 3.95. The lowest BCUT2D eigenvalue weighted by Crippen LogP contribution is -2.38. The molecule has 0 bridgehead atoms. The first-order valence-electron chi connectivity index (χ1n) is 6.35. The maximum Gasteiger partial charge on any atom is 0.309 e. The number of carbonyl (C=O) groups is 2. The van der Waals surface area contributed by atoms with Crippen LogP contribution < -0.4 is 0 Å². The maximum atomic E-state index is 12.7. The molecule has 0 N–H and O–H groups in total. The number of hydrogen-bond acceptors (Lipinski definition) is 3. The molecule has 1 rings (SSSR count). The Morgan fingerprint density at radius 3 is 2.35 bits per heavy atom. The van der Waals surface area contributed by atoms with Gasteiger partial charge in [0.2, 0.25) is 0 Å². The molecule has 0 saturated heterocycles. The second-order valence-corrected chi connectivity index (χ2v) is 5.79. The van der Waals surface area contributed by atoms with Gasteiger partial charge in [-0.25, -0.2) is 0 Å². The summed E-state index contributed by atoms with van der Waals surface area (Å²) in [6.07, 6.45) is 0.516. The molecule has 110 valence electrons. The Bertz CT molecular complexity index is 528. The molecular formula is C15H18Cl2O3. The summed E-state index contributed by atoms with van der Waals surface area (Å²) in [6, 6.07) is 4.73. The van der Waals surface area contributed by atoms with Gasteiger partial charge in [0, 0.05) is 11.0 Å². The van der Waals surface area contributed by atoms with Crippen molar-refractivity contribution in [3.8, 4) is 0 Å². The van der Waals surface area contributed by atoms with Gasteiger partial charge in [-0.2, -0.15) is 0 Å². The van der Waals surface area contributed by atoms with E-state index in [0.29, 0.717) is 22.0 Å². The molecule has 0 radical (unpaired) electrons. The number of benzene rings is 1. The second kappa shape index (κ2) is 6.59. The zero-order chi connectivity index (χ0) is 15.5. The lowest BCUT2D eigenvalue weighted by Gasteiger charge is -2.31. The Labute approximate surface area is 129 Å². The fourth-order valence-electron chi connectivity index (χ4n) is 2.07. The van der Waals surface area contributed by atoms with Gasteiger partial charge < -0.3 is 4.74 Å². The molecule has 0 aliphatic heterocycles. The average Bonchev–Trinajstić information content (AvgIpc) is 2.46.